The predicted molar refractivity (Wildman–Crippen MR) is 126 cm³/mol. The topological polar surface area (TPSA) is 76.6 Å². The third-order valence-corrected chi connectivity index (χ3v) is 5.53. The van der Waals surface area contributed by atoms with Crippen molar-refractivity contribution in [3.8, 4) is 17.0 Å². The Hall–Kier alpha value is -3.66. The van der Waals surface area contributed by atoms with Gasteiger partial charge in [0.15, 0.2) is 0 Å². The predicted octanol–water partition coefficient (Wildman–Crippen LogP) is 4.96. The Morgan fingerprint density at radius 3 is 2.63 bits per heavy atom. The van der Waals surface area contributed by atoms with Crippen LogP contribution in [0, 0.1) is 6.92 Å². The molecule has 10 heteroatoms. The molecule has 0 saturated carbocycles. The summed E-state index contributed by atoms with van der Waals surface area (Å²) >= 11 is 0. The van der Waals surface area contributed by atoms with Crippen LogP contribution in [0.4, 0.5) is 24.7 Å². The first kappa shape index (κ1) is 24.5. The summed E-state index contributed by atoms with van der Waals surface area (Å²) in [4.78, 5) is 22.7. The number of hydrogen-bond acceptors (Lipinski definition) is 6. The number of pyridine rings is 2. The van der Waals surface area contributed by atoms with Crippen LogP contribution < -0.4 is 15.0 Å². The maximum Gasteiger partial charge on any atom is 0.433 e. The van der Waals surface area contributed by atoms with E-state index in [9.17, 15) is 18.0 Å². The van der Waals surface area contributed by atoms with Gasteiger partial charge in [0.2, 0.25) is 5.88 Å². The molecule has 1 amide bonds. The number of hydrogen-bond donors (Lipinski definition) is 1. The number of rotatable bonds is 6. The van der Waals surface area contributed by atoms with Crippen molar-refractivity contribution in [3.05, 3.63) is 65.5 Å². The third-order valence-electron chi connectivity index (χ3n) is 5.53. The summed E-state index contributed by atoms with van der Waals surface area (Å²) in [5.41, 5.74) is 1.84. The van der Waals surface area contributed by atoms with E-state index in [-0.39, 0.29) is 5.56 Å². The van der Waals surface area contributed by atoms with Crippen LogP contribution in [-0.4, -0.2) is 48.8 Å². The molecule has 3 heterocycles. The van der Waals surface area contributed by atoms with Crippen LogP contribution in [0.25, 0.3) is 11.1 Å². The van der Waals surface area contributed by atoms with Gasteiger partial charge in [-0.15, -0.1) is 0 Å². The first-order valence-electron chi connectivity index (χ1n) is 11.2. The lowest BCUT2D eigenvalue weighted by molar-refractivity contribution is -0.141. The molecule has 1 aliphatic heterocycles. The minimum absolute atomic E-state index is 0.133. The van der Waals surface area contributed by atoms with Crippen LogP contribution in [0.2, 0.25) is 0 Å². The van der Waals surface area contributed by atoms with Gasteiger partial charge in [-0.05, 0) is 60.9 Å². The number of amides is 1. The number of nitrogens with one attached hydrogen (secondary N) is 1. The highest BCUT2D eigenvalue weighted by molar-refractivity contribution is 6.04. The number of aromatic nitrogens is 2. The van der Waals surface area contributed by atoms with Crippen molar-refractivity contribution in [2.45, 2.75) is 20.0 Å². The lowest BCUT2D eigenvalue weighted by Crippen LogP contribution is -2.36. The molecule has 0 radical (unpaired) electrons. The second-order valence-electron chi connectivity index (χ2n) is 8.00. The van der Waals surface area contributed by atoms with Gasteiger partial charge in [-0.2, -0.15) is 18.2 Å². The van der Waals surface area contributed by atoms with Crippen molar-refractivity contribution in [1.29, 1.82) is 0 Å². The SMILES string of the molecule is CCOc1cc(-c2cc(NC(=O)c3ccnc(C(F)(F)F)c3)ccc2C)cc(N2CCOCC2)n1. The fourth-order valence-electron chi connectivity index (χ4n) is 3.76. The Labute approximate surface area is 200 Å². The van der Waals surface area contributed by atoms with Crippen LogP contribution >= 0.6 is 0 Å². The number of morpholine rings is 1. The second kappa shape index (κ2) is 10.3. The number of nitrogens with zero attached hydrogens (tertiary/aromatic N) is 3. The van der Waals surface area contributed by atoms with E-state index in [1.165, 1.54) is 6.07 Å². The van der Waals surface area contributed by atoms with Crippen molar-refractivity contribution in [3.63, 3.8) is 0 Å². The van der Waals surface area contributed by atoms with E-state index in [1.807, 2.05) is 32.0 Å². The van der Waals surface area contributed by atoms with Crippen molar-refractivity contribution in [2.75, 3.05) is 43.1 Å². The fraction of sp³-hybridized carbons (Fsp3) is 0.320. The average molecular weight is 486 g/mol. The molecule has 7 nitrogen and oxygen atoms in total. The lowest BCUT2D eigenvalue weighted by Gasteiger charge is -2.28. The highest BCUT2D eigenvalue weighted by atomic mass is 19.4. The van der Waals surface area contributed by atoms with E-state index < -0.39 is 17.8 Å². The molecule has 0 spiro atoms. The first-order valence-corrected chi connectivity index (χ1v) is 11.2. The van der Waals surface area contributed by atoms with Crippen molar-refractivity contribution >= 4 is 17.4 Å². The average Bonchev–Trinajstić information content (AvgIpc) is 2.85. The zero-order valence-electron chi connectivity index (χ0n) is 19.4. The summed E-state index contributed by atoms with van der Waals surface area (Å²) in [7, 11) is 0. The highest BCUT2D eigenvalue weighted by Crippen LogP contribution is 2.32. The number of aryl methyl sites for hydroxylation is 1. The zero-order valence-corrected chi connectivity index (χ0v) is 19.4. The van der Waals surface area contributed by atoms with Crippen molar-refractivity contribution in [1.82, 2.24) is 9.97 Å². The number of anilines is 2. The maximum absolute atomic E-state index is 13.0. The minimum atomic E-state index is -4.63. The summed E-state index contributed by atoms with van der Waals surface area (Å²) in [6.07, 6.45) is -3.66. The molecule has 1 N–H and O–H groups in total. The Morgan fingerprint density at radius 1 is 1.14 bits per heavy atom. The summed E-state index contributed by atoms with van der Waals surface area (Å²) in [6, 6.07) is 11.1. The largest absolute Gasteiger partial charge is 0.478 e. The van der Waals surface area contributed by atoms with Gasteiger partial charge in [0, 0.05) is 36.6 Å². The summed E-state index contributed by atoms with van der Waals surface area (Å²) in [6.45, 7) is 6.93. The number of alkyl halides is 3. The molecule has 35 heavy (non-hydrogen) atoms. The number of benzene rings is 1. The van der Waals surface area contributed by atoms with Gasteiger partial charge in [0.1, 0.15) is 11.5 Å². The molecule has 3 aromatic rings. The molecule has 184 valence electrons. The van der Waals surface area contributed by atoms with E-state index in [0.717, 1.165) is 34.8 Å². The van der Waals surface area contributed by atoms with Gasteiger partial charge in [0.05, 0.1) is 19.8 Å². The zero-order chi connectivity index (χ0) is 25.0. The minimum Gasteiger partial charge on any atom is -0.478 e. The van der Waals surface area contributed by atoms with Crippen LogP contribution in [0.1, 0.15) is 28.5 Å². The number of carbonyl (C=O) groups is 1. The van der Waals surface area contributed by atoms with Crippen LogP contribution in [0.5, 0.6) is 5.88 Å². The van der Waals surface area contributed by atoms with Crippen LogP contribution in [-0.2, 0) is 10.9 Å². The van der Waals surface area contributed by atoms with Crippen LogP contribution in [0.3, 0.4) is 0 Å². The molecule has 0 bridgehead atoms. The van der Waals surface area contributed by atoms with Gasteiger partial charge in [-0.3, -0.25) is 9.78 Å². The van der Waals surface area contributed by atoms with Crippen molar-refractivity contribution in [2.24, 2.45) is 0 Å². The van der Waals surface area contributed by atoms with Gasteiger partial charge >= 0.3 is 6.18 Å². The maximum atomic E-state index is 13.0. The van der Waals surface area contributed by atoms with E-state index >= 15 is 0 Å². The van der Waals surface area contributed by atoms with Crippen molar-refractivity contribution < 1.29 is 27.4 Å². The number of carbonyl (C=O) groups excluding carboxylic acids is 1. The molecule has 0 unspecified atom stereocenters. The molecular formula is C25H25F3N4O3. The Morgan fingerprint density at radius 2 is 1.91 bits per heavy atom. The molecule has 0 atom stereocenters. The van der Waals surface area contributed by atoms with Gasteiger partial charge in [-0.1, -0.05) is 6.07 Å². The monoisotopic (exact) mass is 486 g/mol. The molecule has 1 aromatic carbocycles. The molecule has 2 aromatic heterocycles. The second-order valence-corrected chi connectivity index (χ2v) is 8.00. The fourth-order valence-corrected chi connectivity index (χ4v) is 3.76. The standard InChI is InChI=1S/C25H25F3N4O3/c1-3-35-23-14-18(13-22(31-23)32-8-10-34-11-9-32)20-15-19(5-4-16(20)2)30-24(33)17-6-7-29-21(12-17)25(26,27)28/h4-7,12-15H,3,8-11H2,1-2H3,(H,30,33). The summed E-state index contributed by atoms with van der Waals surface area (Å²) in [5, 5.41) is 2.68. The van der Waals surface area contributed by atoms with Gasteiger partial charge in [0.25, 0.3) is 5.91 Å². The normalized spacial score (nSPS) is 14.0. The molecular weight excluding hydrogens is 461 g/mol. The molecule has 0 aliphatic carbocycles. The Kier molecular flexibility index (Phi) is 7.20. The lowest BCUT2D eigenvalue weighted by atomic mass is 10.00. The molecule has 1 aliphatic rings. The van der Waals surface area contributed by atoms with E-state index in [0.29, 0.717) is 44.5 Å². The Bertz CT molecular complexity index is 1210. The molecule has 1 saturated heterocycles. The smallest absolute Gasteiger partial charge is 0.433 e. The quantitative estimate of drug-likeness (QED) is 0.531. The number of ether oxygens (including phenoxy) is 2. The van der Waals surface area contributed by atoms with E-state index in [4.69, 9.17) is 9.47 Å². The van der Waals surface area contributed by atoms with E-state index in [1.54, 1.807) is 12.1 Å². The number of halogens is 3. The molecule has 4 rings (SSSR count). The summed E-state index contributed by atoms with van der Waals surface area (Å²) in [5.74, 6) is 0.586. The van der Waals surface area contributed by atoms with Gasteiger partial charge < -0.3 is 19.7 Å². The van der Waals surface area contributed by atoms with E-state index in [2.05, 4.69) is 20.2 Å². The first-order chi connectivity index (χ1) is 16.7. The summed E-state index contributed by atoms with van der Waals surface area (Å²) < 4.78 is 50.1. The van der Waals surface area contributed by atoms with Gasteiger partial charge in [-0.25, -0.2) is 0 Å². The molecule has 1 fully saturated rings. The Balaban J connectivity index is 1.64. The third kappa shape index (κ3) is 5.89. The highest BCUT2D eigenvalue weighted by Gasteiger charge is 2.33. The van der Waals surface area contributed by atoms with Crippen LogP contribution in [0.15, 0.2) is 48.7 Å².